The Bertz CT molecular complexity index is 234. The lowest BCUT2D eigenvalue weighted by Crippen LogP contribution is -2.43. The molecule has 0 spiro atoms. The molecule has 0 aromatic heterocycles. The number of nitrogens with one attached hydrogen (secondary N) is 1. The third-order valence-corrected chi connectivity index (χ3v) is 3.97. The Hall–Kier alpha value is -0.570. The number of carbonyl (C=O) groups excluding carboxylic acids is 1. The van der Waals surface area contributed by atoms with E-state index in [-0.39, 0.29) is 6.04 Å². The van der Waals surface area contributed by atoms with E-state index in [4.69, 9.17) is 0 Å². The highest BCUT2D eigenvalue weighted by atomic mass is 16.2. The van der Waals surface area contributed by atoms with Crippen molar-refractivity contribution in [2.45, 2.75) is 63.5 Å². The van der Waals surface area contributed by atoms with E-state index in [0.29, 0.717) is 11.9 Å². The van der Waals surface area contributed by atoms with Crippen LogP contribution in [-0.4, -0.2) is 36.5 Å². The van der Waals surface area contributed by atoms with Crippen molar-refractivity contribution in [1.82, 2.24) is 10.2 Å². The lowest BCUT2D eigenvalue weighted by atomic mass is 9.96. The third-order valence-electron chi connectivity index (χ3n) is 3.97. The summed E-state index contributed by atoms with van der Waals surface area (Å²) in [5.41, 5.74) is 0. The number of likely N-dealkylation sites (N-methyl/N-ethyl adjacent to an activating group) is 1. The van der Waals surface area contributed by atoms with Crippen LogP contribution >= 0.6 is 0 Å². The predicted octanol–water partition coefficient (Wildman–Crippen LogP) is 1.92. The molecule has 3 nitrogen and oxygen atoms in total. The van der Waals surface area contributed by atoms with Crippen LogP contribution in [-0.2, 0) is 4.79 Å². The van der Waals surface area contributed by atoms with Crippen molar-refractivity contribution in [2.24, 2.45) is 0 Å². The predicted molar refractivity (Wildman–Crippen MR) is 65.3 cm³/mol. The van der Waals surface area contributed by atoms with Crippen LogP contribution in [0, 0.1) is 0 Å². The topological polar surface area (TPSA) is 32.3 Å². The molecule has 1 saturated heterocycles. The summed E-state index contributed by atoms with van der Waals surface area (Å²) in [5.74, 6) is 0.294. The SMILES string of the molecule is CN1CCC(NC2CCCCCCC2)C1=O. The van der Waals surface area contributed by atoms with Gasteiger partial charge in [0.05, 0.1) is 6.04 Å². The molecule has 2 fully saturated rings. The summed E-state index contributed by atoms with van der Waals surface area (Å²) in [6, 6.07) is 0.690. The van der Waals surface area contributed by atoms with E-state index in [0.717, 1.165) is 13.0 Å². The summed E-state index contributed by atoms with van der Waals surface area (Å²) >= 11 is 0. The van der Waals surface area contributed by atoms with Gasteiger partial charge in [0.25, 0.3) is 0 Å². The first-order valence-corrected chi connectivity index (χ1v) is 6.78. The van der Waals surface area contributed by atoms with Crippen molar-refractivity contribution >= 4 is 5.91 Å². The molecule has 0 bridgehead atoms. The molecular formula is C13H24N2O. The molecular weight excluding hydrogens is 200 g/mol. The van der Waals surface area contributed by atoms with Gasteiger partial charge in [0, 0.05) is 19.6 Å². The van der Waals surface area contributed by atoms with Crippen molar-refractivity contribution in [3.05, 3.63) is 0 Å². The van der Waals surface area contributed by atoms with Gasteiger partial charge in [-0.15, -0.1) is 0 Å². The van der Waals surface area contributed by atoms with Gasteiger partial charge in [-0.3, -0.25) is 4.79 Å². The second-order valence-electron chi connectivity index (χ2n) is 5.31. The zero-order valence-corrected chi connectivity index (χ0v) is 10.4. The molecule has 0 aromatic carbocycles. The van der Waals surface area contributed by atoms with E-state index >= 15 is 0 Å². The Kier molecular flexibility index (Phi) is 4.22. The van der Waals surface area contributed by atoms with E-state index in [1.807, 2.05) is 11.9 Å². The van der Waals surface area contributed by atoms with Crippen LogP contribution in [0.25, 0.3) is 0 Å². The summed E-state index contributed by atoms with van der Waals surface area (Å²) < 4.78 is 0. The molecule has 2 aliphatic rings. The van der Waals surface area contributed by atoms with Gasteiger partial charge in [-0.25, -0.2) is 0 Å². The molecule has 92 valence electrons. The fraction of sp³-hybridized carbons (Fsp3) is 0.923. The van der Waals surface area contributed by atoms with E-state index < -0.39 is 0 Å². The highest BCUT2D eigenvalue weighted by Crippen LogP contribution is 2.19. The second-order valence-corrected chi connectivity index (χ2v) is 5.31. The largest absolute Gasteiger partial charge is 0.344 e. The standard InChI is InChI=1S/C13H24N2O/c1-15-10-9-12(13(15)16)14-11-7-5-3-2-4-6-8-11/h11-12,14H,2-10H2,1H3. The quantitative estimate of drug-likeness (QED) is 0.777. The van der Waals surface area contributed by atoms with Crippen LogP contribution in [0.2, 0.25) is 0 Å². The molecule has 1 aliphatic carbocycles. The molecule has 2 rings (SSSR count). The fourth-order valence-electron chi connectivity index (χ4n) is 2.88. The Morgan fingerprint density at radius 3 is 2.25 bits per heavy atom. The first kappa shape index (κ1) is 11.9. The average molecular weight is 224 g/mol. The maximum absolute atomic E-state index is 11.8. The van der Waals surface area contributed by atoms with Crippen LogP contribution in [0.3, 0.4) is 0 Å². The lowest BCUT2D eigenvalue weighted by molar-refractivity contribution is -0.128. The maximum atomic E-state index is 11.8. The number of carbonyl (C=O) groups is 1. The van der Waals surface area contributed by atoms with E-state index in [1.165, 1.54) is 44.9 Å². The Balaban J connectivity index is 1.81. The zero-order chi connectivity index (χ0) is 11.4. The number of likely N-dealkylation sites (tertiary alicyclic amines) is 1. The summed E-state index contributed by atoms with van der Waals surface area (Å²) in [6.07, 6.45) is 10.3. The zero-order valence-electron chi connectivity index (χ0n) is 10.4. The van der Waals surface area contributed by atoms with Gasteiger partial charge in [0.1, 0.15) is 0 Å². The van der Waals surface area contributed by atoms with E-state index in [9.17, 15) is 4.79 Å². The van der Waals surface area contributed by atoms with Crippen molar-refractivity contribution < 1.29 is 4.79 Å². The highest BCUT2D eigenvalue weighted by Gasteiger charge is 2.30. The molecule has 1 unspecified atom stereocenters. The minimum atomic E-state index is 0.106. The van der Waals surface area contributed by atoms with Crippen LogP contribution < -0.4 is 5.32 Å². The van der Waals surface area contributed by atoms with Gasteiger partial charge in [-0.1, -0.05) is 32.1 Å². The molecule has 0 radical (unpaired) electrons. The maximum Gasteiger partial charge on any atom is 0.239 e. The number of amides is 1. The van der Waals surface area contributed by atoms with Crippen LogP contribution in [0.4, 0.5) is 0 Å². The monoisotopic (exact) mass is 224 g/mol. The highest BCUT2D eigenvalue weighted by molar-refractivity contribution is 5.83. The summed E-state index contributed by atoms with van der Waals surface area (Å²) in [4.78, 5) is 13.6. The Morgan fingerprint density at radius 1 is 1.06 bits per heavy atom. The minimum Gasteiger partial charge on any atom is -0.344 e. The number of hydrogen-bond acceptors (Lipinski definition) is 2. The summed E-state index contributed by atoms with van der Waals surface area (Å²) in [6.45, 7) is 0.920. The summed E-state index contributed by atoms with van der Waals surface area (Å²) in [7, 11) is 1.90. The smallest absolute Gasteiger partial charge is 0.239 e. The van der Waals surface area contributed by atoms with Crippen molar-refractivity contribution in [1.29, 1.82) is 0 Å². The van der Waals surface area contributed by atoms with E-state index in [1.54, 1.807) is 0 Å². The molecule has 1 heterocycles. The van der Waals surface area contributed by atoms with Gasteiger partial charge in [0.15, 0.2) is 0 Å². The molecule has 1 atom stereocenters. The second kappa shape index (κ2) is 5.67. The normalized spacial score (nSPS) is 29.2. The molecule has 0 aromatic rings. The Morgan fingerprint density at radius 2 is 1.69 bits per heavy atom. The molecule has 16 heavy (non-hydrogen) atoms. The number of nitrogens with zero attached hydrogens (tertiary/aromatic N) is 1. The average Bonchev–Trinajstić information content (AvgIpc) is 2.53. The van der Waals surface area contributed by atoms with Crippen LogP contribution in [0.1, 0.15) is 51.4 Å². The van der Waals surface area contributed by atoms with Crippen LogP contribution in [0.15, 0.2) is 0 Å². The minimum absolute atomic E-state index is 0.106. The van der Waals surface area contributed by atoms with Gasteiger partial charge in [-0.05, 0) is 19.3 Å². The van der Waals surface area contributed by atoms with Gasteiger partial charge >= 0.3 is 0 Å². The number of hydrogen-bond donors (Lipinski definition) is 1. The van der Waals surface area contributed by atoms with Gasteiger partial charge in [-0.2, -0.15) is 0 Å². The molecule has 1 N–H and O–H groups in total. The van der Waals surface area contributed by atoms with Gasteiger partial charge < -0.3 is 10.2 Å². The van der Waals surface area contributed by atoms with Crippen molar-refractivity contribution in [3.63, 3.8) is 0 Å². The van der Waals surface area contributed by atoms with Gasteiger partial charge in [0.2, 0.25) is 5.91 Å². The van der Waals surface area contributed by atoms with E-state index in [2.05, 4.69) is 5.32 Å². The molecule has 3 heteroatoms. The molecule has 1 amide bonds. The molecule has 1 aliphatic heterocycles. The first-order valence-electron chi connectivity index (χ1n) is 6.78. The van der Waals surface area contributed by atoms with Crippen molar-refractivity contribution in [2.75, 3.05) is 13.6 Å². The fourth-order valence-corrected chi connectivity index (χ4v) is 2.88. The number of rotatable bonds is 2. The van der Waals surface area contributed by atoms with Crippen molar-refractivity contribution in [3.8, 4) is 0 Å². The molecule has 1 saturated carbocycles. The first-order chi connectivity index (χ1) is 7.77. The lowest BCUT2D eigenvalue weighted by Gasteiger charge is -2.24. The Labute approximate surface area is 98.6 Å². The summed E-state index contributed by atoms with van der Waals surface area (Å²) in [5, 5.41) is 3.57. The van der Waals surface area contributed by atoms with Crippen LogP contribution in [0.5, 0.6) is 0 Å². The third kappa shape index (κ3) is 2.97.